The summed E-state index contributed by atoms with van der Waals surface area (Å²) in [5.41, 5.74) is 4.24. The molecule has 1 aromatic carbocycles. The number of halogens is 2. The standard InChI is InChI=1S/C10H10F2N6O/c1-4(9-15-17-18-16-9)14-10(19)7-5(11)2-3-6(13)8(7)12/h2-4H,13H2,1H3,(H,14,19)(H,15,16,17,18). The molecular weight excluding hydrogens is 258 g/mol. The zero-order valence-electron chi connectivity index (χ0n) is 9.82. The third-order valence-electron chi connectivity index (χ3n) is 2.44. The van der Waals surface area contributed by atoms with Crippen molar-refractivity contribution in [2.45, 2.75) is 13.0 Å². The van der Waals surface area contributed by atoms with Gasteiger partial charge in [0.15, 0.2) is 11.6 Å². The number of nitrogens with two attached hydrogens (primary N) is 1. The van der Waals surface area contributed by atoms with E-state index in [1.807, 2.05) is 0 Å². The third kappa shape index (κ3) is 2.49. The molecule has 19 heavy (non-hydrogen) atoms. The van der Waals surface area contributed by atoms with Crippen molar-refractivity contribution in [3.05, 3.63) is 35.2 Å². The average Bonchev–Trinajstić information content (AvgIpc) is 2.88. The number of aromatic amines is 1. The van der Waals surface area contributed by atoms with Crippen molar-refractivity contribution in [1.82, 2.24) is 25.9 Å². The van der Waals surface area contributed by atoms with Gasteiger partial charge in [-0.1, -0.05) is 5.21 Å². The number of nitrogens with zero attached hydrogens (tertiary/aromatic N) is 3. The molecule has 1 amide bonds. The van der Waals surface area contributed by atoms with Crippen LogP contribution in [0.2, 0.25) is 0 Å². The van der Waals surface area contributed by atoms with Crippen LogP contribution in [-0.2, 0) is 0 Å². The van der Waals surface area contributed by atoms with Gasteiger partial charge in [-0.05, 0) is 19.1 Å². The number of tetrazole rings is 1. The van der Waals surface area contributed by atoms with E-state index in [4.69, 9.17) is 5.73 Å². The van der Waals surface area contributed by atoms with Crippen LogP contribution in [0.1, 0.15) is 29.1 Å². The molecule has 0 aliphatic rings. The summed E-state index contributed by atoms with van der Waals surface area (Å²) < 4.78 is 27.1. The largest absolute Gasteiger partial charge is 0.396 e. The normalized spacial score (nSPS) is 12.2. The van der Waals surface area contributed by atoms with Crippen molar-refractivity contribution >= 4 is 11.6 Å². The molecule has 2 aromatic rings. The lowest BCUT2D eigenvalue weighted by atomic mass is 10.1. The molecule has 0 aliphatic heterocycles. The Morgan fingerprint density at radius 2 is 2.21 bits per heavy atom. The van der Waals surface area contributed by atoms with Crippen LogP contribution in [0.4, 0.5) is 14.5 Å². The van der Waals surface area contributed by atoms with Crippen LogP contribution in [0.25, 0.3) is 0 Å². The number of carbonyl (C=O) groups is 1. The number of amides is 1. The van der Waals surface area contributed by atoms with Crippen molar-refractivity contribution in [2.75, 3.05) is 5.73 Å². The quantitative estimate of drug-likeness (QED) is 0.704. The number of aromatic nitrogens is 4. The van der Waals surface area contributed by atoms with Crippen molar-refractivity contribution in [1.29, 1.82) is 0 Å². The second kappa shape index (κ2) is 4.96. The van der Waals surface area contributed by atoms with Gasteiger partial charge in [-0.3, -0.25) is 4.79 Å². The number of anilines is 1. The first-order valence-corrected chi connectivity index (χ1v) is 5.28. The highest BCUT2D eigenvalue weighted by Crippen LogP contribution is 2.19. The topological polar surface area (TPSA) is 110 Å². The zero-order chi connectivity index (χ0) is 14.0. The van der Waals surface area contributed by atoms with Crippen LogP contribution in [0.15, 0.2) is 12.1 Å². The number of hydrogen-bond donors (Lipinski definition) is 3. The van der Waals surface area contributed by atoms with Gasteiger partial charge in [0.2, 0.25) is 0 Å². The second-order valence-corrected chi connectivity index (χ2v) is 3.79. The summed E-state index contributed by atoms with van der Waals surface area (Å²) in [6.45, 7) is 1.55. The highest BCUT2D eigenvalue weighted by atomic mass is 19.1. The summed E-state index contributed by atoms with van der Waals surface area (Å²) in [5, 5.41) is 15.2. The highest BCUT2D eigenvalue weighted by molar-refractivity contribution is 5.95. The molecule has 1 heterocycles. The van der Waals surface area contributed by atoms with Crippen LogP contribution in [0.3, 0.4) is 0 Å². The summed E-state index contributed by atoms with van der Waals surface area (Å²) in [7, 11) is 0. The summed E-state index contributed by atoms with van der Waals surface area (Å²) in [6.07, 6.45) is 0. The van der Waals surface area contributed by atoms with E-state index < -0.39 is 29.1 Å². The van der Waals surface area contributed by atoms with E-state index in [2.05, 4.69) is 25.9 Å². The summed E-state index contributed by atoms with van der Waals surface area (Å²) >= 11 is 0. The molecule has 0 saturated heterocycles. The van der Waals surface area contributed by atoms with E-state index in [1.165, 1.54) is 0 Å². The fraction of sp³-hybridized carbons (Fsp3) is 0.200. The summed E-state index contributed by atoms with van der Waals surface area (Å²) in [4.78, 5) is 11.8. The van der Waals surface area contributed by atoms with E-state index in [9.17, 15) is 13.6 Å². The Balaban J connectivity index is 2.23. The Labute approximate surface area is 106 Å². The van der Waals surface area contributed by atoms with Gasteiger partial charge >= 0.3 is 0 Å². The molecule has 4 N–H and O–H groups in total. The fourth-order valence-electron chi connectivity index (χ4n) is 1.46. The first kappa shape index (κ1) is 12.9. The van der Waals surface area contributed by atoms with Gasteiger partial charge in [-0.2, -0.15) is 5.21 Å². The highest BCUT2D eigenvalue weighted by Gasteiger charge is 2.22. The van der Waals surface area contributed by atoms with Gasteiger partial charge in [-0.25, -0.2) is 8.78 Å². The third-order valence-corrected chi connectivity index (χ3v) is 2.44. The van der Waals surface area contributed by atoms with Gasteiger partial charge in [0, 0.05) is 0 Å². The van der Waals surface area contributed by atoms with Crippen LogP contribution in [-0.4, -0.2) is 26.5 Å². The molecule has 100 valence electrons. The number of nitrogen functional groups attached to an aromatic ring is 1. The van der Waals surface area contributed by atoms with Crippen LogP contribution in [0.5, 0.6) is 0 Å². The van der Waals surface area contributed by atoms with Crippen molar-refractivity contribution in [3.63, 3.8) is 0 Å². The average molecular weight is 268 g/mol. The molecule has 9 heteroatoms. The molecule has 7 nitrogen and oxygen atoms in total. The van der Waals surface area contributed by atoms with E-state index in [0.717, 1.165) is 12.1 Å². The fourth-order valence-corrected chi connectivity index (χ4v) is 1.46. The molecular formula is C10H10F2N6O. The molecule has 2 rings (SSSR count). The number of hydrogen-bond acceptors (Lipinski definition) is 5. The van der Waals surface area contributed by atoms with Gasteiger partial charge in [0.05, 0.1) is 11.7 Å². The number of carbonyl (C=O) groups excluding carboxylic acids is 1. The lowest BCUT2D eigenvalue weighted by molar-refractivity contribution is 0.0930. The van der Waals surface area contributed by atoms with Crippen LogP contribution < -0.4 is 11.1 Å². The molecule has 1 atom stereocenters. The molecule has 1 aromatic heterocycles. The van der Waals surface area contributed by atoms with Crippen molar-refractivity contribution < 1.29 is 13.6 Å². The number of H-pyrrole nitrogens is 1. The molecule has 0 saturated carbocycles. The second-order valence-electron chi connectivity index (χ2n) is 3.79. The maximum atomic E-state index is 13.6. The van der Waals surface area contributed by atoms with E-state index in [1.54, 1.807) is 6.92 Å². The number of nitrogens with one attached hydrogen (secondary N) is 2. The Kier molecular flexibility index (Phi) is 3.36. The molecule has 0 radical (unpaired) electrons. The Morgan fingerprint density at radius 3 is 2.84 bits per heavy atom. The van der Waals surface area contributed by atoms with Crippen LogP contribution >= 0.6 is 0 Å². The Hall–Kier alpha value is -2.58. The minimum absolute atomic E-state index is 0.193. The molecule has 0 spiro atoms. The van der Waals surface area contributed by atoms with Crippen molar-refractivity contribution in [3.8, 4) is 0 Å². The first-order chi connectivity index (χ1) is 9.00. The van der Waals surface area contributed by atoms with Gasteiger partial charge in [0.25, 0.3) is 5.91 Å². The monoisotopic (exact) mass is 268 g/mol. The van der Waals surface area contributed by atoms with E-state index >= 15 is 0 Å². The van der Waals surface area contributed by atoms with Gasteiger partial charge < -0.3 is 11.1 Å². The van der Waals surface area contributed by atoms with Gasteiger partial charge in [0.1, 0.15) is 11.4 Å². The number of benzene rings is 1. The van der Waals surface area contributed by atoms with E-state index in [-0.39, 0.29) is 11.5 Å². The molecule has 0 aliphatic carbocycles. The smallest absolute Gasteiger partial charge is 0.257 e. The van der Waals surface area contributed by atoms with Crippen LogP contribution in [0, 0.1) is 11.6 Å². The van der Waals surface area contributed by atoms with E-state index in [0.29, 0.717) is 0 Å². The molecule has 1 unspecified atom stereocenters. The minimum atomic E-state index is -1.10. The minimum Gasteiger partial charge on any atom is -0.396 e. The number of rotatable bonds is 3. The Morgan fingerprint density at radius 1 is 1.47 bits per heavy atom. The lowest BCUT2D eigenvalue weighted by Gasteiger charge is -2.11. The lowest BCUT2D eigenvalue weighted by Crippen LogP contribution is -2.29. The zero-order valence-corrected chi connectivity index (χ0v) is 9.82. The first-order valence-electron chi connectivity index (χ1n) is 5.28. The maximum absolute atomic E-state index is 13.6. The molecule has 0 bridgehead atoms. The predicted octanol–water partition coefficient (Wildman–Crippen LogP) is 0.551. The SMILES string of the molecule is CC(NC(=O)c1c(F)ccc(N)c1F)c1nn[nH]n1. The maximum Gasteiger partial charge on any atom is 0.257 e. The summed E-state index contributed by atoms with van der Waals surface area (Å²) in [5.74, 6) is -2.85. The Bertz CT molecular complexity index is 600. The summed E-state index contributed by atoms with van der Waals surface area (Å²) in [6, 6.07) is 1.31. The molecule has 0 fully saturated rings. The predicted molar refractivity (Wildman–Crippen MR) is 60.8 cm³/mol. The van der Waals surface area contributed by atoms with Crippen molar-refractivity contribution in [2.24, 2.45) is 0 Å². The van der Waals surface area contributed by atoms with Gasteiger partial charge in [-0.15, -0.1) is 10.2 Å².